The number of nitrogens with zero attached hydrogens (tertiary/aromatic N) is 1. The molecule has 2 aromatic carbocycles. The van der Waals surface area contributed by atoms with Crippen molar-refractivity contribution in [3.63, 3.8) is 0 Å². The van der Waals surface area contributed by atoms with Crippen molar-refractivity contribution in [1.82, 2.24) is 4.90 Å². The highest BCUT2D eigenvalue weighted by Crippen LogP contribution is 2.22. The fraction of sp³-hybridized carbons (Fsp3) is 0.200. The first-order valence-corrected chi connectivity index (χ1v) is 7.77. The Balaban J connectivity index is 1.63. The van der Waals surface area contributed by atoms with Gasteiger partial charge in [-0.1, -0.05) is 42.5 Å². The molecular formula is C20H19NO2. The van der Waals surface area contributed by atoms with Gasteiger partial charge in [0.2, 0.25) is 0 Å². The average Bonchev–Trinajstić information content (AvgIpc) is 2.80. The summed E-state index contributed by atoms with van der Waals surface area (Å²) >= 11 is 0. The van der Waals surface area contributed by atoms with Gasteiger partial charge in [0, 0.05) is 6.54 Å². The molecule has 0 saturated heterocycles. The molecule has 0 unspecified atom stereocenters. The molecular weight excluding hydrogens is 286 g/mol. The van der Waals surface area contributed by atoms with Gasteiger partial charge in [0.15, 0.2) is 0 Å². The minimum absolute atomic E-state index is 0.190. The standard InChI is InChI=1S/C20H19NO2/c1-14-10-11-16(13-15(14)2)7-5-6-12-21-19(22)17-8-3-4-9-18(17)20(21)23/h3-5,7-11,13H,6,12H2,1-2H3/b7-5+. The van der Waals surface area contributed by atoms with Gasteiger partial charge >= 0.3 is 0 Å². The van der Waals surface area contributed by atoms with Crippen LogP contribution in [0.15, 0.2) is 48.5 Å². The molecule has 0 saturated carbocycles. The van der Waals surface area contributed by atoms with Gasteiger partial charge in [0.25, 0.3) is 11.8 Å². The molecule has 1 heterocycles. The number of benzene rings is 2. The molecule has 2 amide bonds. The van der Waals surface area contributed by atoms with E-state index in [1.807, 2.05) is 12.2 Å². The average molecular weight is 305 g/mol. The number of hydrogen-bond donors (Lipinski definition) is 0. The van der Waals surface area contributed by atoms with Crippen LogP contribution in [0.5, 0.6) is 0 Å². The van der Waals surface area contributed by atoms with Gasteiger partial charge in [-0.15, -0.1) is 0 Å². The molecule has 3 heteroatoms. The number of carbonyl (C=O) groups excluding carboxylic acids is 2. The topological polar surface area (TPSA) is 37.4 Å². The normalized spacial score (nSPS) is 13.9. The largest absolute Gasteiger partial charge is 0.274 e. The van der Waals surface area contributed by atoms with Crippen molar-refractivity contribution in [2.75, 3.05) is 6.54 Å². The second kappa shape index (κ2) is 6.21. The van der Waals surface area contributed by atoms with Crippen molar-refractivity contribution in [2.24, 2.45) is 0 Å². The summed E-state index contributed by atoms with van der Waals surface area (Å²) in [7, 11) is 0. The second-order valence-electron chi connectivity index (χ2n) is 5.84. The first-order valence-electron chi connectivity index (χ1n) is 7.77. The van der Waals surface area contributed by atoms with E-state index >= 15 is 0 Å². The van der Waals surface area contributed by atoms with Crippen molar-refractivity contribution >= 4 is 17.9 Å². The maximum atomic E-state index is 12.2. The van der Waals surface area contributed by atoms with Crippen LogP contribution in [-0.4, -0.2) is 23.3 Å². The van der Waals surface area contributed by atoms with Crippen LogP contribution in [-0.2, 0) is 0 Å². The summed E-state index contributed by atoms with van der Waals surface area (Å²) in [4.78, 5) is 25.8. The van der Waals surface area contributed by atoms with Crippen LogP contribution >= 0.6 is 0 Å². The minimum atomic E-state index is -0.190. The molecule has 0 fully saturated rings. The van der Waals surface area contributed by atoms with E-state index < -0.39 is 0 Å². The van der Waals surface area contributed by atoms with Gasteiger partial charge in [0.05, 0.1) is 11.1 Å². The summed E-state index contributed by atoms with van der Waals surface area (Å²) in [6.07, 6.45) is 4.69. The van der Waals surface area contributed by atoms with Gasteiger partial charge in [-0.25, -0.2) is 0 Å². The third-order valence-electron chi connectivity index (χ3n) is 4.24. The zero-order valence-electron chi connectivity index (χ0n) is 13.4. The zero-order chi connectivity index (χ0) is 16.4. The molecule has 0 bridgehead atoms. The lowest BCUT2D eigenvalue weighted by atomic mass is 10.1. The molecule has 23 heavy (non-hydrogen) atoms. The lowest BCUT2D eigenvalue weighted by Gasteiger charge is -2.11. The first kappa shape index (κ1) is 15.2. The molecule has 2 aromatic rings. The highest BCUT2D eigenvalue weighted by atomic mass is 16.2. The van der Waals surface area contributed by atoms with Gasteiger partial charge in [0.1, 0.15) is 0 Å². The number of carbonyl (C=O) groups is 2. The van der Waals surface area contributed by atoms with E-state index in [1.165, 1.54) is 16.0 Å². The maximum absolute atomic E-state index is 12.2. The van der Waals surface area contributed by atoms with Crippen molar-refractivity contribution in [3.8, 4) is 0 Å². The summed E-state index contributed by atoms with van der Waals surface area (Å²) in [5, 5.41) is 0. The quantitative estimate of drug-likeness (QED) is 0.801. The molecule has 116 valence electrons. The van der Waals surface area contributed by atoms with Crippen LogP contribution in [0, 0.1) is 13.8 Å². The fourth-order valence-electron chi connectivity index (χ4n) is 2.73. The van der Waals surface area contributed by atoms with Crippen molar-refractivity contribution in [2.45, 2.75) is 20.3 Å². The van der Waals surface area contributed by atoms with Crippen LogP contribution in [0.4, 0.5) is 0 Å². The van der Waals surface area contributed by atoms with Gasteiger partial charge in [-0.3, -0.25) is 14.5 Å². The van der Waals surface area contributed by atoms with E-state index in [2.05, 4.69) is 32.0 Å². The van der Waals surface area contributed by atoms with E-state index in [9.17, 15) is 9.59 Å². The van der Waals surface area contributed by atoms with Gasteiger partial charge in [-0.05, 0) is 49.1 Å². The molecule has 3 nitrogen and oxygen atoms in total. The molecule has 0 aromatic heterocycles. The van der Waals surface area contributed by atoms with E-state index in [0.29, 0.717) is 24.1 Å². The number of fused-ring (bicyclic) bond motifs is 1. The Morgan fingerprint density at radius 3 is 2.17 bits per heavy atom. The fourth-order valence-corrected chi connectivity index (χ4v) is 2.73. The lowest BCUT2D eigenvalue weighted by molar-refractivity contribution is 0.0657. The third kappa shape index (κ3) is 2.95. The summed E-state index contributed by atoms with van der Waals surface area (Å²) in [6.45, 7) is 4.59. The summed E-state index contributed by atoms with van der Waals surface area (Å²) < 4.78 is 0. The molecule has 0 N–H and O–H groups in total. The number of amides is 2. The summed E-state index contributed by atoms with van der Waals surface area (Å²) in [5.74, 6) is -0.379. The van der Waals surface area contributed by atoms with Gasteiger partial charge < -0.3 is 0 Å². The van der Waals surface area contributed by atoms with Crippen LogP contribution in [0.2, 0.25) is 0 Å². The Morgan fingerprint density at radius 1 is 0.913 bits per heavy atom. The monoisotopic (exact) mass is 305 g/mol. The zero-order valence-corrected chi connectivity index (χ0v) is 13.4. The summed E-state index contributed by atoms with van der Waals surface area (Å²) in [5.41, 5.74) is 4.68. The smallest absolute Gasteiger partial charge is 0.261 e. The molecule has 0 aliphatic carbocycles. The predicted octanol–water partition coefficient (Wildman–Crippen LogP) is 4.00. The van der Waals surface area contributed by atoms with Gasteiger partial charge in [-0.2, -0.15) is 0 Å². The Kier molecular flexibility index (Phi) is 4.11. The number of aryl methyl sites for hydroxylation is 2. The second-order valence-corrected chi connectivity index (χ2v) is 5.84. The van der Waals surface area contributed by atoms with Crippen LogP contribution in [0.1, 0.15) is 43.8 Å². The van der Waals surface area contributed by atoms with Crippen LogP contribution in [0.3, 0.4) is 0 Å². The Labute approximate surface area is 136 Å². The molecule has 0 spiro atoms. The van der Waals surface area contributed by atoms with E-state index in [-0.39, 0.29) is 11.8 Å². The lowest BCUT2D eigenvalue weighted by Crippen LogP contribution is -2.30. The minimum Gasteiger partial charge on any atom is -0.274 e. The Hall–Kier alpha value is -2.68. The molecule has 3 rings (SSSR count). The predicted molar refractivity (Wildman–Crippen MR) is 91.4 cm³/mol. The Morgan fingerprint density at radius 2 is 1.57 bits per heavy atom. The molecule has 0 radical (unpaired) electrons. The molecule has 1 aliphatic rings. The van der Waals surface area contributed by atoms with Crippen molar-refractivity contribution in [3.05, 3.63) is 76.4 Å². The number of imide groups is 1. The van der Waals surface area contributed by atoms with Crippen molar-refractivity contribution < 1.29 is 9.59 Å². The molecule has 1 aliphatic heterocycles. The third-order valence-corrected chi connectivity index (χ3v) is 4.24. The Bertz CT molecular complexity index is 770. The summed E-state index contributed by atoms with van der Waals surface area (Å²) in [6, 6.07) is 13.3. The van der Waals surface area contributed by atoms with Crippen LogP contribution < -0.4 is 0 Å². The van der Waals surface area contributed by atoms with E-state index in [0.717, 1.165) is 5.56 Å². The van der Waals surface area contributed by atoms with E-state index in [4.69, 9.17) is 0 Å². The van der Waals surface area contributed by atoms with Crippen LogP contribution in [0.25, 0.3) is 6.08 Å². The highest BCUT2D eigenvalue weighted by Gasteiger charge is 2.34. The SMILES string of the molecule is Cc1ccc(/C=C/CCN2C(=O)c3ccccc3C2=O)cc1C. The highest BCUT2D eigenvalue weighted by molar-refractivity contribution is 6.21. The number of hydrogen-bond acceptors (Lipinski definition) is 2. The first-order chi connectivity index (χ1) is 11.1. The van der Waals surface area contributed by atoms with Crippen molar-refractivity contribution in [1.29, 1.82) is 0 Å². The molecule has 0 atom stereocenters. The maximum Gasteiger partial charge on any atom is 0.261 e. The number of rotatable bonds is 4. The van der Waals surface area contributed by atoms with E-state index in [1.54, 1.807) is 24.3 Å².